The van der Waals surface area contributed by atoms with Crippen LogP contribution in [0.1, 0.15) is 46.1 Å². The predicted molar refractivity (Wildman–Crippen MR) is 78.0 cm³/mol. The fraction of sp³-hybridized carbons (Fsp3) is 0.625. The monoisotopic (exact) mass is 249 g/mol. The van der Waals surface area contributed by atoms with Gasteiger partial charge in [0.25, 0.3) is 0 Å². The lowest BCUT2D eigenvalue weighted by Crippen LogP contribution is -2.26. The van der Waals surface area contributed by atoms with Crippen LogP contribution in [0.15, 0.2) is 24.3 Å². The zero-order chi connectivity index (χ0) is 13.4. The molecule has 2 nitrogen and oxygen atoms in total. The zero-order valence-electron chi connectivity index (χ0n) is 12.3. The summed E-state index contributed by atoms with van der Waals surface area (Å²) in [5.74, 6) is 0.985. The minimum absolute atomic E-state index is 0.329. The third kappa shape index (κ3) is 6.65. The Hall–Kier alpha value is -1.02. The van der Waals surface area contributed by atoms with E-state index in [2.05, 4.69) is 51.2 Å². The number of rotatable bonds is 7. The molecule has 1 N–H and O–H groups in total. The maximum Gasteiger partial charge on any atom is 0.119 e. The van der Waals surface area contributed by atoms with Crippen LogP contribution in [0.2, 0.25) is 0 Å². The molecule has 102 valence electrons. The average Bonchev–Trinajstić information content (AvgIpc) is 2.28. The van der Waals surface area contributed by atoms with Gasteiger partial charge >= 0.3 is 0 Å². The highest BCUT2D eigenvalue weighted by atomic mass is 16.5. The van der Waals surface area contributed by atoms with Crippen molar-refractivity contribution < 1.29 is 4.74 Å². The molecule has 0 aromatic heterocycles. The Morgan fingerprint density at radius 3 is 2.67 bits per heavy atom. The third-order valence-corrected chi connectivity index (χ3v) is 2.65. The lowest BCUT2D eigenvalue weighted by Gasteiger charge is -2.18. The Morgan fingerprint density at radius 2 is 2.00 bits per heavy atom. The Kier molecular flexibility index (Phi) is 6.20. The van der Waals surface area contributed by atoms with Gasteiger partial charge in [-0.05, 0) is 29.5 Å². The Labute approximate surface area is 112 Å². The van der Waals surface area contributed by atoms with Crippen molar-refractivity contribution in [3.05, 3.63) is 29.8 Å². The predicted octanol–water partition coefficient (Wildman–Crippen LogP) is 4.00. The van der Waals surface area contributed by atoms with Crippen molar-refractivity contribution in [3.63, 3.8) is 0 Å². The van der Waals surface area contributed by atoms with E-state index in [1.807, 2.05) is 6.07 Å². The second-order valence-electron chi connectivity index (χ2n) is 6.01. The molecule has 0 atom stereocenters. The molecule has 0 aliphatic rings. The van der Waals surface area contributed by atoms with Crippen LogP contribution >= 0.6 is 0 Å². The minimum Gasteiger partial charge on any atom is -0.494 e. The highest BCUT2D eigenvalue weighted by Gasteiger charge is 2.08. The van der Waals surface area contributed by atoms with Gasteiger partial charge in [0.2, 0.25) is 0 Å². The maximum atomic E-state index is 5.71. The summed E-state index contributed by atoms with van der Waals surface area (Å²) in [4.78, 5) is 0. The molecule has 0 fully saturated rings. The molecule has 1 rings (SSSR count). The summed E-state index contributed by atoms with van der Waals surface area (Å²) in [5.41, 5.74) is 1.61. The van der Waals surface area contributed by atoms with Crippen LogP contribution in [-0.2, 0) is 6.54 Å². The van der Waals surface area contributed by atoms with Crippen LogP contribution in [0, 0.1) is 5.41 Å². The fourth-order valence-electron chi connectivity index (χ4n) is 1.66. The largest absolute Gasteiger partial charge is 0.494 e. The number of benzene rings is 1. The molecule has 1 aromatic carbocycles. The molecule has 0 saturated carbocycles. The summed E-state index contributed by atoms with van der Waals surface area (Å²) in [6.45, 7) is 11.6. The molecule has 18 heavy (non-hydrogen) atoms. The van der Waals surface area contributed by atoms with E-state index in [-0.39, 0.29) is 0 Å². The summed E-state index contributed by atoms with van der Waals surface area (Å²) in [7, 11) is 0. The van der Waals surface area contributed by atoms with Crippen molar-refractivity contribution in [1.82, 2.24) is 5.32 Å². The van der Waals surface area contributed by atoms with Crippen molar-refractivity contribution in [2.24, 2.45) is 5.41 Å². The third-order valence-electron chi connectivity index (χ3n) is 2.65. The Morgan fingerprint density at radius 1 is 1.22 bits per heavy atom. The molecule has 0 amide bonds. The van der Waals surface area contributed by atoms with Crippen LogP contribution < -0.4 is 10.1 Å². The minimum atomic E-state index is 0.329. The van der Waals surface area contributed by atoms with Gasteiger partial charge in [0, 0.05) is 13.1 Å². The van der Waals surface area contributed by atoms with E-state index in [4.69, 9.17) is 4.74 Å². The summed E-state index contributed by atoms with van der Waals surface area (Å²) < 4.78 is 5.71. The average molecular weight is 249 g/mol. The van der Waals surface area contributed by atoms with Gasteiger partial charge in [-0.3, -0.25) is 0 Å². The van der Waals surface area contributed by atoms with E-state index < -0.39 is 0 Å². The lowest BCUT2D eigenvalue weighted by atomic mass is 9.97. The first-order chi connectivity index (χ1) is 8.51. The van der Waals surface area contributed by atoms with Gasteiger partial charge in [-0.25, -0.2) is 0 Å². The molecule has 0 bridgehead atoms. The molecular formula is C16H27NO. The molecule has 0 heterocycles. The molecule has 2 heteroatoms. The number of nitrogens with one attached hydrogen (secondary N) is 1. The Balaban J connectivity index is 2.39. The first-order valence-corrected chi connectivity index (χ1v) is 6.94. The molecule has 0 aliphatic heterocycles. The van der Waals surface area contributed by atoms with Gasteiger partial charge in [-0.2, -0.15) is 0 Å². The van der Waals surface area contributed by atoms with Gasteiger partial charge in [0.15, 0.2) is 0 Å². The van der Waals surface area contributed by atoms with Crippen molar-refractivity contribution >= 4 is 0 Å². The van der Waals surface area contributed by atoms with Crippen LogP contribution in [0.4, 0.5) is 0 Å². The second-order valence-corrected chi connectivity index (χ2v) is 6.01. The number of ether oxygens (including phenoxy) is 1. The van der Waals surface area contributed by atoms with E-state index >= 15 is 0 Å². The summed E-state index contributed by atoms with van der Waals surface area (Å²) >= 11 is 0. The molecule has 0 aliphatic carbocycles. The normalized spacial score (nSPS) is 11.6. The van der Waals surface area contributed by atoms with Gasteiger partial charge < -0.3 is 10.1 Å². The van der Waals surface area contributed by atoms with Gasteiger partial charge in [0.1, 0.15) is 5.75 Å². The van der Waals surface area contributed by atoms with E-state index in [1.54, 1.807) is 0 Å². The van der Waals surface area contributed by atoms with Crippen LogP contribution in [0.25, 0.3) is 0 Å². The molecular weight excluding hydrogens is 222 g/mol. The van der Waals surface area contributed by atoms with Crippen molar-refractivity contribution in [2.45, 2.75) is 47.1 Å². The first kappa shape index (κ1) is 15.0. The number of hydrogen-bond donors (Lipinski definition) is 1. The van der Waals surface area contributed by atoms with Crippen molar-refractivity contribution in [1.29, 1.82) is 0 Å². The molecule has 0 saturated heterocycles. The van der Waals surface area contributed by atoms with Gasteiger partial charge in [-0.15, -0.1) is 0 Å². The zero-order valence-corrected chi connectivity index (χ0v) is 12.3. The topological polar surface area (TPSA) is 21.3 Å². The fourth-order valence-corrected chi connectivity index (χ4v) is 1.66. The van der Waals surface area contributed by atoms with Crippen LogP contribution in [0.5, 0.6) is 5.75 Å². The van der Waals surface area contributed by atoms with E-state index in [0.717, 1.165) is 31.9 Å². The van der Waals surface area contributed by atoms with Crippen molar-refractivity contribution in [2.75, 3.05) is 13.2 Å². The Bertz CT molecular complexity index is 341. The summed E-state index contributed by atoms with van der Waals surface area (Å²) in [6, 6.07) is 8.37. The first-order valence-electron chi connectivity index (χ1n) is 6.94. The molecule has 0 unspecified atom stereocenters. The molecule has 0 spiro atoms. The van der Waals surface area contributed by atoms with E-state index in [1.165, 1.54) is 12.0 Å². The smallest absolute Gasteiger partial charge is 0.119 e. The highest BCUT2D eigenvalue weighted by Crippen LogP contribution is 2.15. The quantitative estimate of drug-likeness (QED) is 0.737. The summed E-state index contributed by atoms with van der Waals surface area (Å²) in [6.07, 6.45) is 2.29. The molecule has 0 radical (unpaired) electrons. The SMILES string of the molecule is CCCCOc1cccc(CNCC(C)(C)C)c1. The van der Waals surface area contributed by atoms with Crippen molar-refractivity contribution in [3.8, 4) is 5.75 Å². The number of hydrogen-bond acceptors (Lipinski definition) is 2. The number of unbranched alkanes of at least 4 members (excludes halogenated alkanes) is 1. The molecule has 1 aromatic rings. The van der Waals surface area contributed by atoms with E-state index in [0.29, 0.717) is 5.41 Å². The van der Waals surface area contributed by atoms with Crippen LogP contribution in [-0.4, -0.2) is 13.2 Å². The van der Waals surface area contributed by atoms with Gasteiger partial charge in [-0.1, -0.05) is 46.2 Å². The van der Waals surface area contributed by atoms with E-state index in [9.17, 15) is 0 Å². The van der Waals surface area contributed by atoms with Crippen LogP contribution in [0.3, 0.4) is 0 Å². The maximum absolute atomic E-state index is 5.71. The summed E-state index contributed by atoms with van der Waals surface area (Å²) in [5, 5.41) is 3.48. The second kappa shape index (κ2) is 7.42. The highest BCUT2D eigenvalue weighted by molar-refractivity contribution is 5.28. The lowest BCUT2D eigenvalue weighted by molar-refractivity contribution is 0.309. The van der Waals surface area contributed by atoms with Gasteiger partial charge in [0.05, 0.1) is 6.61 Å². The standard InChI is InChI=1S/C16H27NO/c1-5-6-10-18-15-9-7-8-14(11-15)12-17-13-16(2,3)4/h7-9,11,17H,5-6,10,12-13H2,1-4H3.